The normalized spacial score (nSPS) is 20.8. The molecular formula is C8H10N2O5S. The van der Waals surface area contributed by atoms with E-state index < -0.39 is 15.8 Å². The van der Waals surface area contributed by atoms with Gasteiger partial charge < -0.3 is 9.63 Å². The van der Waals surface area contributed by atoms with Crippen LogP contribution in [0.4, 0.5) is 0 Å². The van der Waals surface area contributed by atoms with Crippen molar-refractivity contribution in [2.75, 3.05) is 11.5 Å². The highest BCUT2D eigenvalue weighted by atomic mass is 32.2. The molecule has 0 radical (unpaired) electrons. The summed E-state index contributed by atoms with van der Waals surface area (Å²) in [5.41, 5.74) is 0. The van der Waals surface area contributed by atoms with E-state index in [1.165, 1.54) is 0 Å². The molecule has 0 spiro atoms. The van der Waals surface area contributed by atoms with Gasteiger partial charge in [0.05, 0.1) is 11.5 Å². The molecule has 1 aliphatic heterocycles. The molecule has 7 nitrogen and oxygen atoms in total. The molecule has 88 valence electrons. The van der Waals surface area contributed by atoms with Crippen molar-refractivity contribution >= 4 is 15.8 Å². The van der Waals surface area contributed by atoms with Crippen molar-refractivity contribution in [1.82, 2.24) is 10.1 Å². The van der Waals surface area contributed by atoms with Crippen molar-refractivity contribution in [3.63, 3.8) is 0 Å². The van der Waals surface area contributed by atoms with Crippen molar-refractivity contribution in [1.29, 1.82) is 0 Å². The van der Waals surface area contributed by atoms with Crippen LogP contribution in [0.25, 0.3) is 0 Å². The summed E-state index contributed by atoms with van der Waals surface area (Å²) in [5.74, 6) is -1.40. The van der Waals surface area contributed by atoms with Crippen LogP contribution in [0.15, 0.2) is 4.52 Å². The smallest absolute Gasteiger partial charge is 0.377 e. The second-order valence-electron chi connectivity index (χ2n) is 3.69. The topological polar surface area (TPSA) is 110 Å². The summed E-state index contributed by atoms with van der Waals surface area (Å²) < 4.78 is 27.2. The third-order valence-electron chi connectivity index (χ3n) is 2.54. The maximum atomic E-state index is 11.2. The summed E-state index contributed by atoms with van der Waals surface area (Å²) in [7, 11) is -2.94. The van der Waals surface area contributed by atoms with Crippen LogP contribution in [0.2, 0.25) is 0 Å². The van der Waals surface area contributed by atoms with Gasteiger partial charge in [-0.2, -0.15) is 4.98 Å². The Morgan fingerprint density at radius 3 is 2.50 bits per heavy atom. The van der Waals surface area contributed by atoms with Crippen LogP contribution in [-0.4, -0.2) is 41.1 Å². The van der Waals surface area contributed by atoms with Crippen LogP contribution in [0.3, 0.4) is 0 Å². The van der Waals surface area contributed by atoms with Crippen LogP contribution in [0.5, 0.6) is 0 Å². The molecule has 0 atom stereocenters. The molecule has 2 heterocycles. The average molecular weight is 246 g/mol. The fourth-order valence-corrected chi connectivity index (χ4v) is 3.12. The Bertz CT molecular complexity index is 492. The third-order valence-corrected chi connectivity index (χ3v) is 4.25. The quantitative estimate of drug-likeness (QED) is 0.785. The first kappa shape index (κ1) is 11.1. The second-order valence-corrected chi connectivity index (χ2v) is 5.99. The Morgan fingerprint density at radius 2 is 2.00 bits per heavy atom. The van der Waals surface area contributed by atoms with Gasteiger partial charge in [-0.1, -0.05) is 0 Å². The van der Waals surface area contributed by atoms with E-state index in [1.54, 1.807) is 0 Å². The van der Waals surface area contributed by atoms with E-state index in [9.17, 15) is 13.2 Å². The summed E-state index contributed by atoms with van der Waals surface area (Å²) in [5, 5.41) is 11.9. The number of hydrogen-bond donors (Lipinski definition) is 1. The highest BCUT2D eigenvalue weighted by Gasteiger charge is 2.29. The summed E-state index contributed by atoms with van der Waals surface area (Å²) in [6.07, 6.45) is 0.813. The van der Waals surface area contributed by atoms with E-state index in [4.69, 9.17) is 9.63 Å². The van der Waals surface area contributed by atoms with Gasteiger partial charge in [0, 0.05) is 5.92 Å². The minimum Gasteiger partial charge on any atom is -0.475 e. The van der Waals surface area contributed by atoms with Crippen LogP contribution in [-0.2, 0) is 9.84 Å². The Labute approximate surface area is 91.4 Å². The number of carbonyl (C=O) groups is 1. The zero-order valence-electron chi connectivity index (χ0n) is 8.29. The fourth-order valence-electron chi connectivity index (χ4n) is 1.62. The van der Waals surface area contributed by atoms with Gasteiger partial charge in [0.1, 0.15) is 9.84 Å². The number of sulfone groups is 1. The largest absolute Gasteiger partial charge is 0.475 e. The van der Waals surface area contributed by atoms with E-state index in [1.807, 2.05) is 0 Å². The number of rotatable bonds is 2. The third kappa shape index (κ3) is 2.21. The van der Waals surface area contributed by atoms with Crippen LogP contribution in [0, 0.1) is 0 Å². The SMILES string of the molecule is O=C(O)c1noc(C2CCS(=O)(=O)CC2)n1. The molecule has 1 fully saturated rings. The van der Waals surface area contributed by atoms with Crippen molar-refractivity contribution in [2.45, 2.75) is 18.8 Å². The van der Waals surface area contributed by atoms with Gasteiger partial charge in [0.2, 0.25) is 5.89 Å². The number of hydrogen-bond acceptors (Lipinski definition) is 6. The van der Waals surface area contributed by atoms with E-state index >= 15 is 0 Å². The number of nitrogens with zero attached hydrogens (tertiary/aromatic N) is 2. The molecule has 0 amide bonds. The summed E-state index contributed by atoms with van der Waals surface area (Å²) >= 11 is 0. The Balaban J connectivity index is 2.11. The van der Waals surface area contributed by atoms with Gasteiger partial charge in [-0.15, -0.1) is 0 Å². The Morgan fingerprint density at radius 1 is 1.38 bits per heavy atom. The van der Waals surface area contributed by atoms with Crippen molar-refractivity contribution < 1.29 is 22.8 Å². The minimum absolute atomic E-state index is 0.0858. The first-order chi connectivity index (χ1) is 7.48. The highest BCUT2D eigenvalue weighted by Crippen LogP contribution is 2.27. The van der Waals surface area contributed by atoms with Crippen molar-refractivity contribution in [2.24, 2.45) is 0 Å². The number of aromatic nitrogens is 2. The summed E-state index contributed by atoms with van der Waals surface area (Å²) in [6, 6.07) is 0. The molecule has 0 bridgehead atoms. The molecule has 1 aliphatic rings. The van der Waals surface area contributed by atoms with Gasteiger partial charge in [-0.05, 0) is 18.0 Å². The zero-order chi connectivity index (χ0) is 11.8. The van der Waals surface area contributed by atoms with Gasteiger partial charge in [0.25, 0.3) is 5.82 Å². The lowest BCUT2D eigenvalue weighted by Crippen LogP contribution is -2.22. The molecule has 0 aromatic carbocycles. The molecule has 1 saturated heterocycles. The number of carboxylic acid groups (broad SMARTS) is 1. The minimum atomic E-state index is -2.94. The van der Waals surface area contributed by atoms with Gasteiger partial charge in [-0.3, -0.25) is 0 Å². The van der Waals surface area contributed by atoms with Gasteiger partial charge >= 0.3 is 5.97 Å². The predicted octanol–water partition coefficient (Wildman–Crippen LogP) is 0.0600. The van der Waals surface area contributed by atoms with Crippen LogP contribution in [0.1, 0.15) is 35.3 Å². The maximum absolute atomic E-state index is 11.2. The molecule has 8 heteroatoms. The highest BCUT2D eigenvalue weighted by molar-refractivity contribution is 7.91. The number of aromatic carboxylic acids is 1. The molecule has 0 saturated carbocycles. The monoisotopic (exact) mass is 246 g/mol. The molecule has 1 aromatic rings. The lowest BCUT2D eigenvalue weighted by Gasteiger charge is -2.17. The van der Waals surface area contributed by atoms with Gasteiger partial charge in [0.15, 0.2) is 0 Å². The lowest BCUT2D eigenvalue weighted by molar-refractivity contribution is 0.0680. The van der Waals surface area contributed by atoms with E-state index in [-0.39, 0.29) is 29.1 Å². The van der Waals surface area contributed by atoms with E-state index in [0.717, 1.165) is 0 Å². The molecule has 1 N–H and O–H groups in total. The standard InChI is InChI=1S/C8H10N2O5S/c11-8(12)6-9-7(15-10-6)5-1-3-16(13,14)4-2-5/h5H,1-4H2,(H,11,12). The van der Waals surface area contributed by atoms with Crippen molar-refractivity contribution in [3.05, 3.63) is 11.7 Å². The first-order valence-electron chi connectivity index (χ1n) is 4.75. The summed E-state index contributed by atoms with van der Waals surface area (Å²) in [6.45, 7) is 0. The second kappa shape index (κ2) is 3.85. The zero-order valence-corrected chi connectivity index (χ0v) is 9.11. The Hall–Kier alpha value is -1.44. The number of carboxylic acids is 1. The molecular weight excluding hydrogens is 236 g/mol. The van der Waals surface area contributed by atoms with E-state index in [0.29, 0.717) is 12.8 Å². The summed E-state index contributed by atoms with van der Waals surface area (Å²) in [4.78, 5) is 14.2. The van der Waals surface area contributed by atoms with Gasteiger partial charge in [-0.25, -0.2) is 13.2 Å². The maximum Gasteiger partial charge on any atom is 0.377 e. The molecule has 0 aliphatic carbocycles. The Kier molecular flexibility index (Phi) is 2.66. The van der Waals surface area contributed by atoms with Crippen molar-refractivity contribution in [3.8, 4) is 0 Å². The van der Waals surface area contributed by atoms with E-state index in [2.05, 4.69) is 10.1 Å². The van der Waals surface area contributed by atoms with Crippen LogP contribution >= 0.6 is 0 Å². The van der Waals surface area contributed by atoms with Crippen LogP contribution < -0.4 is 0 Å². The molecule has 1 aromatic heterocycles. The molecule has 16 heavy (non-hydrogen) atoms. The molecule has 0 unspecified atom stereocenters. The first-order valence-corrected chi connectivity index (χ1v) is 6.57. The predicted molar refractivity (Wildman–Crippen MR) is 51.9 cm³/mol. The average Bonchev–Trinajstić information content (AvgIpc) is 2.66. The fraction of sp³-hybridized carbons (Fsp3) is 0.625. The molecule has 2 rings (SSSR count). The lowest BCUT2D eigenvalue weighted by atomic mass is 10.0.